The lowest BCUT2D eigenvalue weighted by atomic mass is 10.2. The van der Waals surface area contributed by atoms with Gasteiger partial charge >= 0.3 is 0 Å². The minimum absolute atomic E-state index is 0.0490. The zero-order chi connectivity index (χ0) is 15.7. The van der Waals surface area contributed by atoms with Crippen molar-refractivity contribution in [2.75, 3.05) is 20.3 Å². The Balaban J connectivity index is 2.51. The Kier molecular flexibility index (Phi) is 4.34. The number of carbonyl (C=O) groups is 1. The van der Waals surface area contributed by atoms with E-state index in [-0.39, 0.29) is 17.6 Å². The summed E-state index contributed by atoms with van der Waals surface area (Å²) in [6.45, 7) is 6.81. The van der Waals surface area contributed by atoms with E-state index >= 15 is 0 Å². The fourth-order valence-electron chi connectivity index (χ4n) is 2.54. The SMILES string of the molecule is COCCN1Cn2cc(C)c(=O)c(O)c2C(=O)N1C(C)C. The number of aromatic hydroxyl groups is 1. The molecule has 1 aliphatic rings. The maximum absolute atomic E-state index is 12.6. The second-order valence-electron chi connectivity index (χ2n) is 5.42. The Labute approximate surface area is 123 Å². The van der Waals surface area contributed by atoms with Gasteiger partial charge in [-0.05, 0) is 20.8 Å². The number of hydrogen-bond donors (Lipinski definition) is 1. The Morgan fingerprint density at radius 2 is 2.05 bits per heavy atom. The van der Waals surface area contributed by atoms with Gasteiger partial charge in [-0.3, -0.25) is 14.6 Å². The summed E-state index contributed by atoms with van der Waals surface area (Å²) in [5, 5.41) is 13.4. The minimum atomic E-state index is -0.497. The fraction of sp³-hybridized carbons (Fsp3) is 0.571. The van der Waals surface area contributed by atoms with Crippen LogP contribution in [-0.4, -0.2) is 51.9 Å². The van der Waals surface area contributed by atoms with Crippen LogP contribution in [0.3, 0.4) is 0 Å². The van der Waals surface area contributed by atoms with Crippen LogP contribution in [-0.2, 0) is 11.4 Å². The third-order valence-corrected chi connectivity index (χ3v) is 3.51. The maximum Gasteiger partial charge on any atom is 0.289 e. The van der Waals surface area contributed by atoms with Gasteiger partial charge in [-0.2, -0.15) is 5.01 Å². The molecule has 0 spiro atoms. The average molecular weight is 295 g/mol. The fourth-order valence-corrected chi connectivity index (χ4v) is 2.54. The lowest BCUT2D eigenvalue weighted by molar-refractivity contribution is -0.0708. The number of ether oxygens (including phenoxy) is 1. The van der Waals surface area contributed by atoms with Gasteiger partial charge in [-0.15, -0.1) is 0 Å². The minimum Gasteiger partial charge on any atom is -0.503 e. The first kappa shape index (κ1) is 15.5. The molecule has 1 aromatic heterocycles. The highest BCUT2D eigenvalue weighted by Gasteiger charge is 2.35. The highest BCUT2D eigenvalue weighted by atomic mass is 16.5. The largest absolute Gasteiger partial charge is 0.503 e. The summed E-state index contributed by atoms with van der Waals surface area (Å²) < 4.78 is 6.69. The summed E-state index contributed by atoms with van der Waals surface area (Å²) in [6.07, 6.45) is 1.60. The normalized spacial score (nSPS) is 15.7. The van der Waals surface area contributed by atoms with Crippen molar-refractivity contribution in [2.45, 2.75) is 33.5 Å². The number of carbonyl (C=O) groups excluding carboxylic acids is 1. The molecule has 0 bridgehead atoms. The number of rotatable bonds is 4. The van der Waals surface area contributed by atoms with Crippen LogP contribution in [0, 0.1) is 6.92 Å². The van der Waals surface area contributed by atoms with Gasteiger partial charge < -0.3 is 14.4 Å². The van der Waals surface area contributed by atoms with Crippen LogP contribution in [0.5, 0.6) is 5.75 Å². The van der Waals surface area contributed by atoms with Crippen molar-refractivity contribution in [1.29, 1.82) is 0 Å². The van der Waals surface area contributed by atoms with Gasteiger partial charge in [0.2, 0.25) is 5.43 Å². The summed E-state index contributed by atoms with van der Waals surface area (Å²) in [5.41, 5.74) is -0.0367. The summed E-state index contributed by atoms with van der Waals surface area (Å²) >= 11 is 0. The molecule has 7 heteroatoms. The topological polar surface area (TPSA) is 75.0 Å². The predicted octanol–water partition coefficient (Wildman–Crippen LogP) is 0.547. The Bertz CT molecular complexity index is 609. The molecule has 1 amide bonds. The van der Waals surface area contributed by atoms with Crippen LogP contribution in [0.1, 0.15) is 29.9 Å². The van der Waals surface area contributed by atoms with Crippen LogP contribution in [0.15, 0.2) is 11.0 Å². The van der Waals surface area contributed by atoms with Crippen LogP contribution in [0.25, 0.3) is 0 Å². The number of methoxy groups -OCH3 is 1. The van der Waals surface area contributed by atoms with E-state index in [4.69, 9.17) is 4.74 Å². The van der Waals surface area contributed by atoms with Crippen LogP contribution < -0.4 is 5.43 Å². The van der Waals surface area contributed by atoms with E-state index in [0.717, 1.165) is 0 Å². The van der Waals surface area contributed by atoms with E-state index in [0.29, 0.717) is 25.4 Å². The van der Waals surface area contributed by atoms with E-state index in [1.54, 1.807) is 29.8 Å². The monoisotopic (exact) mass is 295 g/mol. The molecule has 0 saturated heterocycles. The molecule has 116 valence electrons. The first-order valence-corrected chi connectivity index (χ1v) is 6.88. The molecule has 0 unspecified atom stereocenters. The first-order chi connectivity index (χ1) is 9.88. The number of amides is 1. The Morgan fingerprint density at radius 3 is 2.62 bits per heavy atom. The van der Waals surface area contributed by atoms with Gasteiger partial charge in [0.05, 0.1) is 13.3 Å². The second-order valence-corrected chi connectivity index (χ2v) is 5.42. The third kappa shape index (κ3) is 2.66. The van der Waals surface area contributed by atoms with Gasteiger partial charge in [0.25, 0.3) is 5.91 Å². The summed E-state index contributed by atoms with van der Waals surface area (Å²) in [4.78, 5) is 24.5. The van der Waals surface area contributed by atoms with Gasteiger partial charge in [0, 0.05) is 31.5 Å². The van der Waals surface area contributed by atoms with Gasteiger partial charge in [-0.1, -0.05) is 0 Å². The number of aryl methyl sites for hydroxylation is 1. The lowest BCUT2D eigenvalue weighted by Gasteiger charge is -2.42. The molecule has 7 nitrogen and oxygen atoms in total. The molecule has 2 heterocycles. The molecule has 0 saturated carbocycles. The Morgan fingerprint density at radius 1 is 1.38 bits per heavy atom. The molecular formula is C14H21N3O4. The summed E-state index contributed by atoms with van der Waals surface area (Å²) in [6, 6.07) is -0.0843. The van der Waals surface area contributed by atoms with E-state index in [1.807, 2.05) is 18.9 Å². The standard InChI is InChI=1S/C14H21N3O4/c1-9(2)17-14(20)11-13(19)12(18)10(3)7-15(11)8-16(17)5-6-21-4/h7,9,19H,5-6,8H2,1-4H3. The van der Waals surface area contributed by atoms with Crippen molar-refractivity contribution in [3.8, 4) is 5.75 Å². The summed E-state index contributed by atoms with van der Waals surface area (Å²) in [7, 11) is 1.60. The number of aromatic nitrogens is 1. The Hall–Kier alpha value is -1.86. The highest BCUT2D eigenvalue weighted by Crippen LogP contribution is 2.24. The molecule has 1 N–H and O–H groups in total. The highest BCUT2D eigenvalue weighted by molar-refractivity contribution is 5.95. The van der Waals surface area contributed by atoms with Gasteiger partial charge in [-0.25, -0.2) is 0 Å². The lowest BCUT2D eigenvalue weighted by Crippen LogP contribution is -2.56. The van der Waals surface area contributed by atoms with E-state index in [1.165, 1.54) is 0 Å². The van der Waals surface area contributed by atoms with Crippen LogP contribution in [0.4, 0.5) is 0 Å². The zero-order valence-corrected chi connectivity index (χ0v) is 12.8. The first-order valence-electron chi connectivity index (χ1n) is 6.88. The summed E-state index contributed by atoms with van der Waals surface area (Å²) in [5.74, 6) is -0.848. The molecule has 0 fully saturated rings. The van der Waals surface area contributed by atoms with Crippen molar-refractivity contribution < 1.29 is 14.6 Å². The van der Waals surface area contributed by atoms with Crippen molar-refractivity contribution in [2.24, 2.45) is 0 Å². The van der Waals surface area contributed by atoms with Crippen molar-refractivity contribution in [3.63, 3.8) is 0 Å². The number of nitrogens with zero attached hydrogens (tertiary/aromatic N) is 3. The number of pyridine rings is 1. The van der Waals surface area contributed by atoms with Crippen molar-refractivity contribution in [1.82, 2.24) is 14.6 Å². The molecule has 1 aromatic rings. The maximum atomic E-state index is 12.6. The van der Waals surface area contributed by atoms with E-state index < -0.39 is 11.2 Å². The molecule has 0 radical (unpaired) electrons. The molecular weight excluding hydrogens is 274 g/mol. The smallest absolute Gasteiger partial charge is 0.289 e. The zero-order valence-electron chi connectivity index (χ0n) is 12.8. The van der Waals surface area contributed by atoms with E-state index in [9.17, 15) is 14.7 Å². The van der Waals surface area contributed by atoms with Crippen LogP contribution in [0.2, 0.25) is 0 Å². The predicted molar refractivity (Wildman–Crippen MR) is 77.0 cm³/mol. The molecule has 1 aliphatic heterocycles. The second kappa shape index (κ2) is 5.87. The van der Waals surface area contributed by atoms with Crippen molar-refractivity contribution in [3.05, 3.63) is 27.7 Å². The molecule has 0 atom stereocenters. The number of hydrogen-bond acceptors (Lipinski definition) is 5. The number of hydrazine groups is 1. The van der Waals surface area contributed by atoms with Gasteiger partial charge in [0.1, 0.15) is 0 Å². The molecule has 21 heavy (non-hydrogen) atoms. The average Bonchev–Trinajstić information content (AvgIpc) is 2.41. The molecule has 2 rings (SSSR count). The van der Waals surface area contributed by atoms with Crippen molar-refractivity contribution >= 4 is 5.91 Å². The number of fused-ring (bicyclic) bond motifs is 1. The molecule has 0 aliphatic carbocycles. The van der Waals surface area contributed by atoms with Gasteiger partial charge in [0.15, 0.2) is 11.4 Å². The molecule has 0 aromatic carbocycles. The van der Waals surface area contributed by atoms with Crippen LogP contribution >= 0.6 is 0 Å². The van der Waals surface area contributed by atoms with E-state index in [2.05, 4.69) is 0 Å². The third-order valence-electron chi connectivity index (χ3n) is 3.51. The quantitative estimate of drug-likeness (QED) is 0.878.